The van der Waals surface area contributed by atoms with E-state index in [4.69, 9.17) is 4.74 Å². The number of ether oxygens (including phenoxy) is 1. The zero-order chi connectivity index (χ0) is 19.4. The summed E-state index contributed by atoms with van der Waals surface area (Å²) >= 11 is 0. The van der Waals surface area contributed by atoms with Gasteiger partial charge in [0.25, 0.3) is 0 Å². The van der Waals surface area contributed by atoms with Gasteiger partial charge in [-0.2, -0.15) is 4.72 Å². The fraction of sp³-hybridized carbons (Fsp3) is 0.350. The lowest BCUT2D eigenvalue weighted by Crippen LogP contribution is -2.46. The normalized spacial score (nSPS) is 21.1. The summed E-state index contributed by atoms with van der Waals surface area (Å²) in [7, 11) is -3.92. The van der Waals surface area contributed by atoms with E-state index in [1.165, 1.54) is 12.1 Å². The lowest BCUT2D eigenvalue weighted by molar-refractivity contribution is -0.140. The van der Waals surface area contributed by atoms with E-state index in [1.54, 1.807) is 12.1 Å². The second kappa shape index (κ2) is 8.21. The number of aryl methyl sites for hydroxylation is 1. The van der Waals surface area contributed by atoms with Crippen LogP contribution in [0, 0.1) is 12.8 Å². The zero-order valence-electron chi connectivity index (χ0n) is 15.0. The lowest BCUT2D eigenvalue weighted by Gasteiger charge is -2.20. The largest absolute Gasteiger partial charge is 0.480 e. The molecule has 1 aliphatic rings. The molecule has 0 spiro atoms. The molecule has 144 valence electrons. The Hall–Kier alpha value is -2.22. The van der Waals surface area contributed by atoms with E-state index in [-0.39, 0.29) is 17.6 Å². The predicted octanol–water partition coefficient (Wildman–Crippen LogP) is 2.37. The number of hydrogen-bond donors (Lipinski definition) is 2. The summed E-state index contributed by atoms with van der Waals surface area (Å²) in [5.74, 6) is -1.61. The maximum atomic E-state index is 12.6. The van der Waals surface area contributed by atoms with Crippen molar-refractivity contribution >= 4 is 16.0 Å². The van der Waals surface area contributed by atoms with Crippen molar-refractivity contribution in [2.24, 2.45) is 5.92 Å². The molecule has 2 N–H and O–H groups in total. The molecule has 1 saturated heterocycles. The topological polar surface area (TPSA) is 92.7 Å². The highest BCUT2D eigenvalue weighted by Crippen LogP contribution is 2.26. The van der Waals surface area contributed by atoms with Gasteiger partial charge in [-0.1, -0.05) is 48.0 Å². The predicted molar refractivity (Wildman–Crippen MR) is 101 cm³/mol. The van der Waals surface area contributed by atoms with E-state index >= 15 is 0 Å². The van der Waals surface area contributed by atoms with Gasteiger partial charge in [-0.05, 0) is 37.5 Å². The summed E-state index contributed by atoms with van der Waals surface area (Å²) in [4.78, 5) is 11.8. The first-order valence-electron chi connectivity index (χ1n) is 8.82. The summed E-state index contributed by atoms with van der Waals surface area (Å²) in [5.41, 5.74) is 2.03. The van der Waals surface area contributed by atoms with E-state index in [9.17, 15) is 18.3 Å². The molecule has 0 aromatic heterocycles. The Morgan fingerprint density at radius 2 is 1.85 bits per heavy atom. The molecular formula is C20H23NO5S. The van der Waals surface area contributed by atoms with Crippen LogP contribution in [0.4, 0.5) is 0 Å². The van der Waals surface area contributed by atoms with Crippen molar-refractivity contribution in [3.8, 4) is 0 Å². The van der Waals surface area contributed by atoms with Crippen molar-refractivity contribution in [1.29, 1.82) is 0 Å². The Balaban J connectivity index is 1.69. The third kappa shape index (κ3) is 4.94. The van der Waals surface area contributed by atoms with Gasteiger partial charge in [0.2, 0.25) is 10.0 Å². The van der Waals surface area contributed by atoms with Crippen LogP contribution in [0.1, 0.15) is 17.5 Å². The lowest BCUT2D eigenvalue weighted by atomic mass is 9.95. The summed E-state index contributed by atoms with van der Waals surface area (Å²) in [6.07, 6.45) is 1.04. The Morgan fingerprint density at radius 3 is 2.48 bits per heavy atom. The monoisotopic (exact) mass is 389 g/mol. The summed E-state index contributed by atoms with van der Waals surface area (Å²) in [6, 6.07) is 14.9. The summed E-state index contributed by atoms with van der Waals surface area (Å²) in [6.45, 7) is 2.07. The number of sulfonamides is 1. The molecule has 0 unspecified atom stereocenters. The van der Waals surface area contributed by atoms with Gasteiger partial charge in [-0.3, -0.25) is 4.79 Å². The van der Waals surface area contributed by atoms with Crippen molar-refractivity contribution in [2.75, 3.05) is 6.61 Å². The van der Waals surface area contributed by atoms with Crippen LogP contribution in [0.25, 0.3) is 0 Å². The highest BCUT2D eigenvalue weighted by atomic mass is 32.2. The molecule has 1 fully saturated rings. The summed E-state index contributed by atoms with van der Waals surface area (Å²) < 4.78 is 33.2. The first kappa shape index (κ1) is 19.5. The van der Waals surface area contributed by atoms with E-state index in [2.05, 4.69) is 4.72 Å². The van der Waals surface area contributed by atoms with Crippen LogP contribution in [-0.2, 0) is 26.0 Å². The van der Waals surface area contributed by atoms with Crippen molar-refractivity contribution in [3.05, 3.63) is 65.7 Å². The number of aliphatic carboxylic acids is 1. The number of carbonyl (C=O) groups is 1. The maximum Gasteiger partial charge on any atom is 0.322 e. The summed E-state index contributed by atoms with van der Waals surface area (Å²) in [5, 5.41) is 9.58. The van der Waals surface area contributed by atoms with Crippen LogP contribution in [0.2, 0.25) is 0 Å². The third-order valence-electron chi connectivity index (χ3n) is 4.77. The molecule has 0 radical (unpaired) electrons. The highest BCUT2D eigenvalue weighted by molar-refractivity contribution is 7.89. The zero-order valence-corrected chi connectivity index (χ0v) is 15.9. The number of rotatable bonds is 7. The van der Waals surface area contributed by atoms with Gasteiger partial charge in [0.05, 0.1) is 17.6 Å². The molecule has 27 heavy (non-hydrogen) atoms. The molecule has 0 amide bonds. The quantitative estimate of drug-likeness (QED) is 0.758. The van der Waals surface area contributed by atoms with Crippen molar-refractivity contribution in [1.82, 2.24) is 4.72 Å². The van der Waals surface area contributed by atoms with E-state index in [0.29, 0.717) is 12.8 Å². The molecule has 1 aliphatic heterocycles. The van der Waals surface area contributed by atoms with Gasteiger partial charge in [-0.25, -0.2) is 8.42 Å². The van der Waals surface area contributed by atoms with Crippen LogP contribution >= 0.6 is 0 Å². The van der Waals surface area contributed by atoms with Crippen molar-refractivity contribution in [2.45, 2.75) is 36.8 Å². The molecule has 0 bridgehead atoms. The Kier molecular flexibility index (Phi) is 5.94. The third-order valence-corrected chi connectivity index (χ3v) is 6.23. The fourth-order valence-electron chi connectivity index (χ4n) is 3.29. The number of carboxylic acids is 1. The minimum atomic E-state index is -3.92. The molecule has 2 aromatic carbocycles. The van der Waals surface area contributed by atoms with Crippen molar-refractivity contribution in [3.63, 3.8) is 0 Å². The standard InChI is InChI=1S/C20H23NO5S/c1-14-7-9-18(10-8-14)27(24,25)21-19(20(22)23)16-12-17(26-13-16)11-15-5-3-2-4-6-15/h2-10,16-17,19,21H,11-13H2,1H3,(H,22,23)/t16-,17-,19+/m0/s1. The average molecular weight is 389 g/mol. The van der Waals surface area contributed by atoms with Gasteiger partial charge in [0, 0.05) is 5.92 Å². The Morgan fingerprint density at radius 1 is 1.19 bits per heavy atom. The molecule has 1 heterocycles. The van der Waals surface area contributed by atoms with E-state index < -0.39 is 28.0 Å². The Bertz CT molecular complexity index is 880. The fourth-order valence-corrected chi connectivity index (χ4v) is 4.54. The van der Waals surface area contributed by atoms with Crippen molar-refractivity contribution < 1.29 is 23.1 Å². The van der Waals surface area contributed by atoms with Crippen LogP contribution in [-0.4, -0.2) is 38.2 Å². The Labute approximate surface area is 159 Å². The van der Waals surface area contributed by atoms with Gasteiger partial charge < -0.3 is 9.84 Å². The van der Waals surface area contributed by atoms with Gasteiger partial charge in [-0.15, -0.1) is 0 Å². The molecule has 3 atom stereocenters. The number of carboxylic acid groups (broad SMARTS) is 1. The van der Waals surface area contributed by atoms with E-state index in [1.807, 2.05) is 37.3 Å². The average Bonchev–Trinajstić information content (AvgIpc) is 3.09. The number of hydrogen-bond acceptors (Lipinski definition) is 4. The molecule has 0 aliphatic carbocycles. The molecule has 0 saturated carbocycles. The number of benzene rings is 2. The second-order valence-electron chi connectivity index (χ2n) is 6.89. The van der Waals surface area contributed by atoms with Crippen LogP contribution in [0.15, 0.2) is 59.5 Å². The van der Waals surface area contributed by atoms with Gasteiger partial charge in [0.1, 0.15) is 6.04 Å². The highest BCUT2D eigenvalue weighted by Gasteiger charge is 2.38. The smallest absolute Gasteiger partial charge is 0.322 e. The minimum Gasteiger partial charge on any atom is -0.480 e. The molecule has 2 aromatic rings. The molecular weight excluding hydrogens is 366 g/mol. The molecule has 7 heteroatoms. The molecule has 6 nitrogen and oxygen atoms in total. The van der Waals surface area contributed by atoms with Crippen LogP contribution < -0.4 is 4.72 Å². The van der Waals surface area contributed by atoms with Gasteiger partial charge in [0.15, 0.2) is 0 Å². The first-order chi connectivity index (χ1) is 12.8. The SMILES string of the molecule is Cc1ccc(S(=O)(=O)N[C@@H](C(=O)O)[C@@H]2CO[C@@H](Cc3ccccc3)C2)cc1. The first-order valence-corrected chi connectivity index (χ1v) is 10.3. The second-order valence-corrected chi connectivity index (χ2v) is 8.61. The van der Waals surface area contributed by atoms with Gasteiger partial charge >= 0.3 is 5.97 Å². The van der Waals surface area contributed by atoms with Crippen LogP contribution in [0.5, 0.6) is 0 Å². The number of nitrogens with one attached hydrogen (secondary N) is 1. The minimum absolute atomic E-state index is 0.0547. The molecule has 3 rings (SSSR count). The van der Waals surface area contributed by atoms with Crippen LogP contribution in [0.3, 0.4) is 0 Å². The van der Waals surface area contributed by atoms with E-state index in [0.717, 1.165) is 11.1 Å². The maximum absolute atomic E-state index is 12.6.